The Labute approximate surface area is 161 Å². The molecule has 0 atom stereocenters. The number of benzene rings is 2. The molecule has 1 heterocycles. The van der Waals surface area contributed by atoms with E-state index < -0.39 is 11.5 Å². The van der Waals surface area contributed by atoms with Crippen LogP contribution in [0.1, 0.15) is 26.3 Å². The van der Waals surface area contributed by atoms with E-state index in [1.54, 1.807) is 56.6 Å². The van der Waals surface area contributed by atoms with Gasteiger partial charge in [-0.1, -0.05) is 24.3 Å². The van der Waals surface area contributed by atoms with Crippen LogP contribution < -0.4 is 15.7 Å². The Morgan fingerprint density at radius 2 is 1.86 bits per heavy atom. The van der Waals surface area contributed by atoms with Gasteiger partial charge in [0.25, 0.3) is 11.8 Å². The van der Waals surface area contributed by atoms with Crippen LogP contribution in [-0.4, -0.2) is 37.9 Å². The summed E-state index contributed by atoms with van der Waals surface area (Å²) in [6.45, 7) is 0.280. The molecule has 3 aromatic rings. The Bertz CT molecular complexity index is 1090. The van der Waals surface area contributed by atoms with E-state index in [-0.39, 0.29) is 18.0 Å². The van der Waals surface area contributed by atoms with Gasteiger partial charge in [-0.3, -0.25) is 9.59 Å². The van der Waals surface area contributed by atoms with Crippen LogP contribution in [0.5, 0.6) is 5.75 Å². The number of carbonyl (C=O) groups is 2. The summed E-state index contributed by atoms with van der Waals surface area (Å²) in [6, 6.07) is 13.6. The predicted octanol–water partition coefficient (Wildman–Crippen LogP) is 2.43. The Morgan fingerprint density at radius 1 is 1.14 bits per heavy atom. The van der Waals surface area contributed by atoms with E-state index in [1.165, 1.54) is 18.1 Å². The highest BCUT2D eigenvalue weighted by atomic mass is 16.5. The molecule has 3 rings (SSSR count). The number of methoxy groups -OCH3 is 1. The zero-order chi connectivity index (χ0) is 20.3. The van der Waals surface area contributed by atoms with Crippen molar-refractivity contribution in [3.05, 3.63) is 75.6 Å². The second-order valence-electron chi connectivity index (χ2n) is 6.26. The van der Waals surface area contributed by atoms with E-state index in [0.717, 1.165) is 5.56 Å². The highest BCUT2D eigenvalue weighted by Crippen LogP contribution is 2.24. The fourth-order valence-electron chi connectivity index (χ4n) is 2.88. The van der Waals surface area contributed by atoms with Gasteiger partial charge in [0.15, 0.2) is 11.3 Å². The molecule has 2 amide bonds. The maximum Gasteiger partial charge on any atom is 0.349 e. The predicted molar refractivity (Wildman–Crippen MR) is 105 cm³/mol. The van der Waals surface area contributed by atoms with Crippen molar-refractivity contribution in [3.8, 4) is 5.75 Å². The molecule has 0 fully saturated rings. The van der Waals surface area contributed by atoms with Gasteiger partial charge in [0, 0.05) is 31.6 Å². The van der Waals surface area contributed by atoms with Gasteiger partial charge in [0.1, 0.15) is 5.56 Å². The molecule has 0 aliphatic heterocycles. The average Bonchev–Trinajstić information content (AvgIpc) is 2.72. The van der Waals surface area contributed by atoms with Crippen molar-refractivity contribution in [2.24, 2.45) is 0 Å². The van der Waals surface area contributed by atoms with Gasteiger partial charge in [0.2, 0.25) is 0 Å². The van der Waals surface area contributed by atoms with Gasteiger partial charge < -0.3 is 19.4 Å². The molecule has 1 aromatic heterocycles. The van der Waals surface area contributed by atoms with Crippen molar-refractivity contribution in [1.82, 2.24) is 10.2 Å². The largest absolute Gasteiger partial charge is 0.493 e. The first kappa shape index (κ1) is 19.2. The van der Waals surface area contributed by atoms with Crippen LogP contribution in [0, 0.1) is 0 Å². The fraction of sp³-hybridized carbons (Fsp3) is 0.190. The number of hydrogen-bond donors (Lipinski definition) is 1. The molecule has 0 aliphatic rings. The first-order valence-corrected chi connectivity index (χ1v) is 8.62. The van der Waals surface area contributed by atoms with Crippen LogP contribution in [0.4, 0.5) is 0 Å². The van der Waals surface area contributed by atoms with Crippen LogP contribution in [0.3, 0.4) is 0 Å². The lowest BCUT2D eigenvalue weighted by molar-refractivity contribution is 0.0780. The summed E-state index contributed by atoms with van der Waals surface area (Å²) >= 11 is 0. The topological polar surface area (TPSA) is 88.8 Å². The maximum atomic E-state index is 12.8. The highest BCUT2D eigenvalue weighted by molar-refractivity contribution is 5.97. The van der Waals surface area contributed by atoms with E-state index in [9.17, 15) is 14.4 Å². The second kappa shape index (κ2) is 7.96. The lowest BCUT2D eigenvalue weighted by atomic mass is 10.1. The Morgan fingerprint density at radius 3 is 2.50 bits per heavy atom. The van der Waals surface area contributed by atoms with Gasteiger partial charge in [-0.15, -0.1) is 0 Å². The third-order valence-corrected chi connectivity index (χ3v) is 4.38. The molecule has 0 saturated carbocycles. The molecule has 0 radical (unpaired) electrons. The molecule has 0 bridgehead atoms. The molecule has 7 nitrogen and oxygen atoms in total. The smallest absolute Gasteiger partial charge is 0.349 e. The Hall–Kier alpha value is -3.61. The lowest BCUT2D eigenvalue weighted by Crippen LogP contribution is -2.30. The third-order valence-electron chi connectivity index (χ3n) is 4.38. The zero-order valence-corrected chi connectivity index (χ0v) is 15.8. The number of ether oxygens (including phenoxy) is 1. The number of fused-ring (bicyclic) bond motifs is 1. The molecule has 28 heavy (non-hydrogen) atoms. The van der Waals surface area contributed by atoms with E-state index in [1.807, 2.05) is 0 Å². The normalized spacial score (nSPS) is 10.5. The van der Waals surface area contributed by atoms with E-state index >= 15 is 0 Å². The summed E-state index contributed by atoms with van der Waals surface area (Å²) in [5.41, 5.74) is 0.896. The molecule has 0 unspecified atom stereocenters. The van der Waals surface area contributed by atoms with Gasteiger partial charge >= 0.3 is 5.63 Å². The van der Waals surface area contributed by atoms with Crippen LogP contribution in [0.25, 0.3) is 11.0 Å². The molecule has 144 valence electrons. The summed E-state index contributed by atoms with van der Waals surface area (Å²) in [4.78, 5) is 38.1. The zero-order valence-electron chi connectivity index (χ0n) is 15.8. The molecule has 0 aliphatic carbocycles. The molecule has 0 spiro atoms. The third kappa shape index (κ3) is 3.73. The number of carbonyl (C=O) groups excluding carboxylic acids is 2. The highest BCUT2D eigenvalue weighted by Gasteiger charge is 2.19. The van der Waals surface area contributed by atoms with Crippen LogP contribution in [0.15, 0.2) is 57.7 Å². The van der Waals surface area contributed by atoms with Gasteiger partial charge in [-0.2, -0.15) is 0 Å². The average molecular weight is 380 g/mol. The fourth-order valence-corrected chi connectivity index (χ4v) is 2.88. The summed E-state index contributed by atoms with van der Waals surface area (Å²) in [5.74, 6) is -0.202. The van der Waals surface area contributed by atoms with Crippen LogP contribution in [0.2, 0.25) is 0 Å². The van der Waals surface area contributed by atoms with Crippen molar-refractivity contribution < 1.29 is 18.7 Å². The van der Waals surface area contributed by atoms with Gasteiger partial charge in [-0.05, 0) is 29.8 Å². The standard InChI is InChI=1S/C21H20N2O5/c1-22-19(24)14-9-7-13(8-10-14)12-23(2)20(25)16-11-15-5-4-6-17(27-3)18(15)28-21(16)26/h4-11H,12H2,1-3H3,(H,22,24). The Balaban J connectivity index is 1.84. The van der Waals surface area contributed by atoms with E-state index in [0.29, 0.717) is 22.3 Å². The summed E-state index contributed by atoms with van der Waals surface area (Å²) in [7, 11) is 4.65. The van der Waals surface area contributed by atoms with Crippen molar-refractivity contribution in [2.75, 3.05) is 21.2 Å². The molecular weight excluding hydrogens is 360 g/mol. The van der Waals surface area contributed by atoms with E-state index in [4.69, 9.17) is 9.15 Å². The first-order valence-electron chi connectivity index (χ1n) is 8.62. The molecule has 0 saturated heterocycles. The SMILES string of the molecule is CNC(=O)c1ccc(CN(C)C(=O)c2cc3cccc(OC)c3oc2=O)cc1. The van der Waals surface area contributed by atoms with Gasteiger partial charge in [0.05, 0.1) is 7.11 Å². The maximum absolute atomic E-state index is 12.8. The number of nitrogens with one attached hydrogen (secondary N) is 1. The quantitative estimate of drug-likeness (QED) is 0.687. The van der Waals surface area contributed by atoms with Crippen molar-refractivity contribution in [1.29, 1.82) is 0 Å². The molecule has 7 heteroatoms. The molecule has 1 N–H and O–H groups in total. The Kier molecular flexibility index (Phi) is 5.44. The first-order chi connectivity index (χ1) is 13.4. The number of hydrogen-bond acceptors (Lipinski definition) is 5. The van der Waals surface area contributed by atoms with Crippen LogP contribution >= 0.6 is 0 Å². The lowest BCUT2D eigenvalue weighted by Gasteiger charge is -2.17. The van der Waals surface area contributed by atoms with Crippen molar-refractivity contribution in [3.63, 3.8) is 0 Å². The summed E-state index contributed by atoms with van der Waals surface area (Å²) in [5, 5.41) is 3.16. The van der Waals surface area contributed by atoms with Crippen molar-refractivity contribution >= 4 is 22.8 Å². The van der Waals surface area contributed by atoms with E-state index in [2.05, 4.69) is 5.32 Å². The minimum Gasteiger partial charge on any atom is -0.493 e. The number of nitrogens with zero attached hydrogens (tertiary/aromatic N) is 1. The minimum atomic E-state index is -0.719. The molecule has 2 aromatic carbocycles. The number of amides is 2. The minimum absolute atomic E-state index is 0.0507. The summed E-state index contributed by atoms with van der Waals surface area (Å²) < 4.78 is 10.5. The van der Waals surface area contributed by atoms with Gasteiger partial charge in [-0.25, -0.2) is 4.79 Å². The second-order valence-corrected chi connectivity index (χ2v) is 6.26. The van der Waals surface area contributed by atoms with Crippen molar-refractivity contribution in [2.45, 2.75) is 6.54 Å². The number of rotatable bonds is 5. The van der Waals surface area contributed by atoms with Crippen LogP contribution in [-0.2, 0) is 6.54 Å². The number of para-hydroxylation sites is 1. The molecular formula is C21H20N2O5. The monoisotopic (exact) mass is 380 g/mol. The summed E-state index contributed by atoms with van der Waals surface area (Å²) in [6.07, 6.45) is 0.